The van der Waals surface area contributed by atoms with Crippen LogP contribution in [-0.2, 0) is 17.0 Å². The normalized spacial score (nSPS) is 19.1. The molecule has 2 fully saturated rings. The number of benzene rings is 1. The summed E-state index contributed by atoms with van der Waals surface area (Å²) in [7, 11) is 0. The largest absolute Gasteiger partial charge is 0.420 e. The molecule has 3 aromatic rings. The number of ether oxygens (including phenoxy) is 1. The Morgan fingerprint density at radius 3 is 2.63 bits per heavy atom. The number of aromatic nitrogens is 5. The van der Waals surface area contributed by atoms with Gasteiger partial charge in [-0.05, 0) is 44.7 Å². The fourth-order valence-electron chi connectivity index (χ4n) is 3.94. The number of nitrogens with zero attached hydrogens (tertiary/aromatic N) is 6. The van der Waals surface area contributed by atoms with Gasteiger partial charge in [0.25, 0.3) is 0 Å². The van der Waals surface area contributed by atoms with Crippen LogP contribution in [-0.4, -0.2) is 50.8 Å². The summed E-state index contributed by atoms with van der Waals surface area (Å²) in [5.74, 6) is 2.65. The third kappa shape index (κ3) is 4.22. The van der Waals surface area contributed by atoms with E-state index in [0.717, 1.165) is 55.8 Å². The van der Waals surface area contributed by atoms with Crippen LogP contribution >= 0.6 is 11.8 Å². The first-order valence-corrected chi connectivity index (χ1v) is 11.6. The van der Waals surface area contributed by atoms with E-state index in [2.05, 4.69) is 36.8 Å². The molecule has 30 heavy (non-hydrogen) atoms. The summed E-state index contributed by atoms with van der Waals surface area (Å²) < 4.78 is 14.0. The lowest BCUT2D eigenvalue weighted by molar-refractivity contribution is 0.0952. The van der Waals surface area contributed by atoms with Crippen LogP contribution in [0.1, 0.15) is 37.1 Å². The molecule has 0 spiro atoms. The third-order valence-corrected chi connectivity index (χ3v) is 6.54. The van der Waals surface area contributed by atoms with Crippen molar-refractivity contribution >= 4 is 17.7 Å². The van der Waals surface area contributed by atoms with E-state index in [-0.39, 0.29) is 6.10 Å². The maximum Gasteiger partial charge on any atom is 0.247 e. The lowest BCUT2D eigenvalue weighted by Crippen LogP contribution is -2.25. The number of anilines is 1. The number of thioether (sulfide) groups is 1. The first kappa shape index (κ1) is 19.6. The highest BCUT2D eigenvalue weighted by atomic mass is 32.2. The summed E-state index contributed by atoms with van der Waals surface area (Å²) in [6.07, 6.45) is 4.86. The fourth-order valence-corrected chi connectivity index (χ4v) is 4.72. The molecular weight excluding hydrogens is 400 g/mol. The topological polar surface area (TPSA) is 82.1 Å². The second kappa shape index (κ2) is 8.77. The number of hydrogen-bond acceptors (Lipinski definition) is 8. The van der Waals surface area contributed by atoms with Crippen LogP contribution in [0.3, 0.4) is 0 Å². The first-order chi connectivity index (χ1) is 14.8. The van der Waals surface area contributed by atoms with Crippen molar-refractivity contribution in [3.8, 4) is 11.5 Å². The van der Waals surface area contributed by atoms with Crippen LogP contribution in [0.4, 0.5) is 5.95 Å². The Bertz CT molecular complexity index is 974. The molecule has 0 unspecified atom stereocenters. The van der Waals surface area contributed by atoms with Gasteiger partial charge in [-0.1, -0.05) is 29.5 Å². The summed E-state index contributed by atoms with van der Waals surface area (Å²) in [6.45, 7) is 5.77. The van der Waals surface area contributed by atoms with Crippen molar-refractivity contribution < 1.29 is 9.15 Å². The number of hydrogen-bond donors (Lipinski definition) is 0. The van der Waals surface area contributed by atoms with Gasteiger partial charge in [0.2, 0.25) is 17.7 Å². The molecule has 9 heteroatoms. The molecule has 1 atom stereocenters. The molecule has 0 saturated carbocycles. The summed E-state index contributed by atoms with van der Waals surface area (Å²) >= 11 is 1.58. The lowest BCUT2D eigenvalue weighted by Gasteiger charge is -2.20. The molecule has 0 bridgehead atoms. The van der Waals surface area contributed by atoms with Gasteiger partial charge in [-0.2, -0.15) is 0 Å². The van der Waals surface area contributed by atoms with Crippen LogP contribution in [0.5, 0.6) is 0 Å². The van der Waals surface area contributed by atoms with E-state index in [4.69, 9.17) is 9.15 Å². The van der Waals surface area contributed by atoms with E-state index >= 15 is 0 Å². The van der Waals surface area contributed by atoms with Crippen LogP contribution in [0.15, 0.2) is 33.8 Å². The maximum absolute atomic E-state index is 5.88. The van der Waals surface area contributed by atoms with Gasteiger partial charge < -0.3 is 14.1 Å². The van der Waals surface area contributed by atoms with Gasteiger partial charge in [0.15, 0.2) is 5.16 Å². The molecule has 0 amide bonds. The van der Waals surface area contributed by atoms with E-state index in [0.29, 0.717) is 17.5 Å². The maximum atomic E-state index is 5.88. The molecule has 0 N–H and O–H groups in total. The van der Waals surface area contributed by atoms with Gasteiger partial charge in [0, 0.05) is 25.3 Å². The molecule has 158 valence electrons. The Labute approximate surface area is 180 Å². The van der Waals surface area contributed by atoms with Crippen molar-refractivity contribution in [1.29, 1.82) is 0 Å². The lowest BCUT2D eigenvalue weighted by atomic mass is 10.1. The summed E-state index contributed by atoms with van der Waals surface area (Å²) in [5, 5.41) is 18.3. The molecule has 2 aliphatic rings. The average Bonchev–Trinajstić information content (AvgIpc) is 3.55. The predicted octanol–water partition coefficient (Wildman–Crippen LogP) is 3.71. The first-order valence-electron chi connectivity index (χ1n) is 10.6. The highest BCUT2D eigenvalue weighted by Crippen LogP contribution is 2.29. The van der Waals surface area contributed by atoms with Crippen LogP contribution in [0, 0.1) is 6.92 Å². The zero-order chi connectivity index (χ0) is 20.3. The smallest absolute Gasteiger partial charge is 0.247 e. The summed E-state index contributed by atoms with van der Waals surface area (Å²) in [5.41, 5.74) is 2.13. The molecule has 2 aliphatic heterocycles. The van der Waals surface area contributed by atoms with Crippen LogP contribution in [0.25, 0.3) is 11.5 Å². The van der Waals surface area contributed by atoms with Gasteiger partial charge in [-0.25, -0.2) is 0 Å². The zero-order valence-corrected chi connectivity index (χ0v) is 18.0. The predicted molar refractivity (Wildman–Crippen MR) is 114 cm³/mol. The van der Waals surface area contributed by atoms with Crippen molar-refractivity contribution in [3.05, 3.63) is 35.7 Å². The van der Waals surface area contributed by atoms with Crippen molar-refractivity contribution in [2.24, 2.45) is 0 Å². The molecule has 2 saturated heterocycles. The van der Waals surface area contributed by atoms with Crippen molar-refractivity contribution in [2.75, 3.05) is 24.6 Å². The molecule has 5 rings (SSSR count). The van der Waals surface area contributed by atoms with Crippen molar-refractivity contribution in [1.82, 2.24) is 25.0 Å². The molecule has 2 aromatic heterocycles. The van der Waals surface area contributed by atoms with E-state index in [1.165, 1.54) is 18.4 Å². The zero-order valence-electron chi connectivity index (χ0n) is 17.2. The van der Waals surface area contributed by atoms with E-state index in [1.54, 1.807) is 11.8 Å². The Balaban J connectivity index is 1.31. The van der Waals surface area contributed by atoms with Gasteiger partial charge in [-0.3, -0.25) is 4.57 Å². The SMILES string of the molecule is Cc1ccc(-c2nnc(CSc3nnc(N4CCCC4)n3C[C@H]3CCCO3)o2)cc1. The molecule has 8 nitrogen and oxygen atoms in total. The molecule has 0 aliphatic carbocycles. The fraction of sp³-hybridized carbons (Fsp3) is 0.524. The Morgan fingerprint density at radius 1 is 1.03 bits per heavy atom. The van der Waals surface area contributed by atoms with E-state index in [1.807, 2.05) is 24.3 Å². The number of aryl methyl sites for hydroxylation is 1. The van der Waals surface area contributed by atoms with E-state index in [9.17, 15) is 0 Å². The van der Waals surface area contributed by atoms with Crippen molar-refractivity contribution in [2.45, 2.75) is 56.2 Å². The summed E-state index contributed by atoms with van der Waals surface area (Å²) in [6, 6.07) is 8.09. The van der Waals surface area contributed by atoms with Gasteiger partial charge >= 0.3 is 0 Å². The van der Waals surface area contributed by atoms with Crippen LogP contribution in [0.2, 0.25) is 0 Å². The Hall–Kier alpha value is -2.39. The minimum atomic E-state index is 0.234. The second-order valence-electron chi connectivity index (χ2n) is 7.88. The second-order valence-corrected chi connectivity index (χ2v) is 8.82. The molecule has 1 aromatic carbocycles. The van der Waals surface area contributed by atoms with Crippen LogP contribution < -0.4 is 4.90 Å². The Kier molecular flexibility index (Phi) is 5.72. The number of rotatable bonds is 7. The standard InChI is InChI=1S/C21H26N6O2S/c1-15-6-8-16(9-7-15)19-23-22-18(29-19)14-30-21-25-24-20(26-10-2-3-11-26)27(21)13-17-5-4-12-28-17/h6-9,17H,2-5,10-14H2,1H3/t17-/m1/s1. The highest BCUT2D eigenvalue weighted by molar-refractivity contribution is 7.98. The van der Waals surface area contributed by atoms with E-state index < -0.39 is 0 Å². The van der Waals surface area contributed by atoms with Gasteiger partial charge in [0.05, 0.1) is 18.4 Å². The quantitative estimate of drug-likeness (QED) is 0.529. The molecule has 0 radical (unpaired) electrons. The minimum absolute atomic E-state index is 0.234. The minimum Gasteiger partial charge on any atom is -0.420 e. The monoisotopic (exact) mass is 426 g/mol. The molecule has 4 heterocycles. The highest BCUT2D eigenvalue weighted by Gasteiger charge is 2.25. The average molecular weight is 427 g/mol. The van der Waals surface area contributed by atoms with Crippen molar-refractivity contribution in [3.63, 3.8) is 0 Å². The Morgan fingerprint density at radius 2 is 1.87 bits per heavy atom. The van der Waals surface area contributed by atoms with Gasteiger partial charge in [-0.15, -0.1) is 20.4 Å². The summed E-state index contributed by atoms with van der Waals surface area (Å²) in [4.78, 5) is 2.33. The van der Waals surface area contributed by atoms with Gasteiger partial charge in [0.1, 0.15) is 0 Å². The third-order valence-electron chi connectivity index (χ3n) is 5.59. The molecular formula is C21H26N6O2S.